The number of oxime groups is 1. The van der Waals surface area contributed by atoms with Crippen molar-refractivity contribution in [2.45, 2.75) is 51.7 Å². The van der Waals surface area contributed by atoms with Crippen LogP contribution in [0.2, 0.25) is 0 Å². The van der Waals surface area contributed by atoms with Crippen molar-refractivity contribution in [1.82, 2.24) is 19.9 Å². The van der Waals surface area contributed by atoms with Gasteiger partial charge in [0.1, 0.15) is 5.82 Å². The molecule has 0 spiro atoms. The molecule has 3 heterocycles. The lowest BCUT2D eigenvalue weighted by Gasteiger charge is -2.40. The molecule has 1 fully saturated rings. The SMILES string of the molecule is Cc1nc(N)nc2c1C(=NOC1CN(C(C)C)C1)CC(c1ccc(F)cc1-c1cccnc1)C2. The molecule has 1 atom stereocenters. The molecule has 2 aliphatic rings. The van der Waals surface area contributed by atoms with Crippen LogP contribution < -0.4 is 5.73 Å². The first-order valence-electron chi connectivity index (χ1n) is 11.7. The van der Waals surface area contributed by atoms with Crippen LogP contribution in [0.4, 0.5) is 10.3 Å². The predicted octanol–water partition coefficient (Wildman–Crippen LogP) is 4.11. The highest BCUT2D eigenvalue weighted by Crippen LogP contribution is 2.38. The number of halogens is 1. The highest BCUT2D eigenvalue weighted by molar-refractivity contribution is 6.03. The van der Waals surface area contributed by atoms with Gasteiger partial charge in [-0.25, -0.2) is 14.4 Å². The van der Waals surface area contributed by atoms with Crippen molar-refractivity contribution < 1.29 is 9.23 Å². The van der Waals surface area contributed by atoms with Gasteiger partial charge < -0.3 is 10.6 Å². The molecule has 1 aliphatic heterocycles. The minimum Gasteiger partial charge on any atom is -0.390 e. The fraction of sp³-hybridized carbons (Fsp3) is 0.385. The topological polar surface area (TPSA) is 89.5 Å². The van der Waals surface area contributed by atoms with Crippen LogP contribution in [-0.4, -0.2) is 50.8 Å². The number of nitrogens with zero attached hydrogens (tertiary/aromatic N) is 5. The Morgan fingerprint density at radius 2 is 2.00 bits per heavy atom. The van der Waals surface area contributed by atoms with E-state index in [4.69, 9.17) is 10.6 Å². The zero-order chi connectivity index (χ0) is 23.8. The molecule has 1 unspecified atom stereocenters. The van der Waals surface area contributed by atoms with E-state index in [9.17, 15) is 4.39 Å². The number of benzene rings is 1. The van der Waals surface area contributed by atoms with E-state index in [0.717, 1.165) is 52.4 Å². The fourth-order valence-corrected chi connectivity index (χ4v) is 4.88. The maximum atomic E-state index is 14.3. The summed E-state index contributed by atoms with van der Waals surface area (Å²) in [7, 11) is 0. The van der Waals surface area contributed by atoms with Crippen LogP contribution in [0.25, 0.3) is 11.1 Å². The third kappa shape index (κ3) is 4.37. The van der Waals surface area contributed by atoms with Gasteiger partial charge in [0.05, 0.1) is 17.1 Å². The summed E-state index contributed by atoms with van der Waals surface area (Å²) in [6.45, 7) is 8.02. The van der Waals surface area contributed by atoms with Crippen LogP contribution >= 0.6 is 0 Å². The minimum absolute atomic E-state index is 0.0351. The van der Waals surface area contributed by atoms with Crippen molar-refractivity contribution in [3.63, 3.8) is 0 Å². The largest absolute Gasteiger partial charge is 0.390 e. The smallest absolute Gasteiger partial charge is 0.220 e. The Bertz CT molecular complexity index is 1220. The average molecular weight is 461 g/mol. The second-order valence-corrected chi connectivity index (χ2v) is 9.38. The van der Waals surface area contributed by atoms with Gasteiger partial charge in [0, 0.05) is 49.1 Å². The molecule has 0 radical (unpaired) electrons. The van der Waals surface area contributed by atoms with Crippen molar-refractivity contribution in [3.05, 3.63) is 71.1 Å². The Balaban J connectivity index is 1.51. The number of likely N-dealkylation sites (tertiary alicyclic amines) is 1. The number of anilines is 1. The molecule has 3 aromatic rings. The standard InChI is InChI=1S/C26H29FN6O/c1-15(2)33-13-20(14-33)34-32-24-10-18(9-23-25(24)16(3)30-26(28)31-23)21-7-6-19(27)11-22(21)17-5-4-8-29-12-17/h4-8,11-12,15,18,20H,9-10,13-14H2,1-3H3,(H2,28,30,31). The van der Waals surface area contributed by atoms with Crippen molar-refractivity contribution in [2.75, 3.05) is 18.8 Å². The van der Waals surface area contributed by atoms with Crippen LogP contribution in [0, 0.1) is 12.7 Å². The monoisotopic (exact) mass is 460 g/mol. The lowest BCUT2D eigenvalue weighted by atomic mass is 9.78. The number of hydrogen-bond donors (Lipinski definition) is 1. The van der Waals surface area contributed by atoms with Crippen LogP contribution in [0.5, 0.6) is 0 Å². The van der Waals surface area contributed by atoms with Crippen LogP contribution in [0.15, 0.2) is 47.9 Å². The minimum atomic E-state index is -0.279. The Morgan fingerprint density at radius 3 is 2.74 bits per heavy atom. The molecule has 1 saturated heterocycles. The van der Waals surface area contributed by atoms with Crippen LogP contribution in [0.1, 0.15) is 48.7 Å². The Hall–Kier alpha value is -3.39. The molecular weight excluding hydrogens is 431 g/mol. The molecule has 7 nitrogen and oxygen atoms in total. The molecule has 34 heavy (non-hydrogen) atoms. The molecule has 1 aliphatic carbocycles. The van der Waals surface area contributed by atoms with E-state index in [1.165, 1.54) is 6.07 Å². The third-order valence-electron chi connectivity index (χ3n) is 6.70. The Kier molecular flexibility index (Phi) is 6.00. The van der Waals surface area contributed by atoms with E-state index in [2.05, 4.69) is 38.9 Å². The zero-order valence-corrected chi connectivity index (χ0v) is 19.7. The van der Waals surface area contributed by atoms with Gasteiger partial charge in [-0.05, 0) is 62.4 Å². The lowest BCUT2D eigenvalue weighted by molar-refractivity contribution is -0.0651. The van der Waals surface area contributed by atoms with Gasteiger partial charge in [-0.1, -0.05) is 17.3 Å². The van der Waals surface area contributed by atoms with E-state index >= 15 is 0 Å². The summed E-state index contributed by atoms with van der Waals surface area (Å²) in [4.78, 5) is 21.4. The molecular formula is C26H29FN6O. The zero-order valence-electron chi connectivity index (χ0n) is 19.7. The summed E-state index contributed by atoms with van der Waals surface area (Å²) < 4.78 is 14.3. The van der Waals surface area contributed by atoms with Gasteiger partial charge >= 0.3 is 0 Å². The van der Waals surface area contributed by atoms with E-state index in [-0.39, 0.29) is 23.8 Å². The van der Waals surface area contributed by atoms with E-state index in [0.29, 0.717) is 18.9 Å². The van der Waals surface area contributed by atoms with Gasteiger partial charge in [-0.3, -0.25) is 9.88 Å². The molecule has 8 heteroatoms. The fourth-order valence-electron chi connectivity index (χ4n) is 4.88. The maximum Gasteiger partial charge on any atom is 0.220 e. The molecule has 0 amide bonds. The number of aromatic nitrogens is 3. The summed E-state index contributed by atoms with van der Waals surface area (Å²) in [5.74, 6) is 0.00127. The summed E-state index contributed by atoms with van der Waals surface area (Å²) in [5.41, 5.74) is 12.1. The summed E-state index contributed by atoms with van der Waals surface area (Å²) in [5, 5.41) is 4.61. The second-order valence-electron chi connectivity index (χ2n) is 9.38. The van der Waals surface area contributed by atoms with Gasteiger partial charge in [0.25, 0.3) is 0 Å². The Morgan fingerprint density at radius 1 is 1.18 bits per heavy atom. The van der Waals surface area contributed by atoms with Crippen molar-refractivity contribution >= 4 is 11.7 Å². The number of nitrogen functional groups attached to an aromatic ring is 1. The number of hydrogen-bond acceptors (Lipinski definition) is 7. The number of fused-ring (bicyclic) bond motifs is 1. The number of aryl methyl sites for hydroxylation is 1. The summed E-state index contributed by atoms with van der Waals surface area (Å²) in [6, 6.07) is 9.24. The molecule has 2 N–H and O–H groups in total. The van der Waals surface area contributed by atoms with Crippen LogP contribution in [-0.2, 0) is 11.3 Å². The molecule has 2 aromatic heterocycles. The second kappa shape index (κ2) is 9.10. The van der Waals surface area contributed by atoms with Crippen molar-refractivity contribution in [2.24, 2.45) is 5.16 Å². The highest BCUT2D eigenvalue weighted by Gasteiger charge is 2.33. The molecule has 176 valence electrons. The first-order valence-corrected chi connectivity index (χ1v) is 11.7. The lowest BCUT2D eigenvalue weighted by Crippen LogP contribution is -2.54. The molecule has 0 bridgehead atoms. The molecule has 1 aromatic carbocycles. The normalized spacial score (nSPS) is 19.8. The van der Waals surface area contributed by atoms with Gasteiger partial charge in [-0.2, -0.15) is 0 Å². The third-order valence-corrected chi connectivity index (χ3v) is 6.70. The van der Waals surface area contributed by atoms with Crippen molar-refractivity contribution in [1.29, 1.82) is 0 Å². The van der Waals surface area contributed by atoms with E-state index < -0.39 is 0 Å². The average Bonchev–Trinajstić information content (AvgIpc) is 2.77. The van der Waals surface area contributed by atoms with Gasteiger partial charge in [-0.15, -0.1) is 0 Å². The maximum absolute atomic E-state index is 14.3. The predicted molar refractivity (Wildman–Crippen MR) is 130 cm³/mol. The highest BCUT2D eigenvalue weighted by atomic mass is 19.1. The van der Waals surface area contributed by atoms with E-state index in [1.807, 2.05) is 25.1 Å². The molecule has 5 rings (SSSR count). The summed E-state index contributed by atoms with van der Waals surface area (Å²) >= 11 is 0. The van der Waals surface area contributed by atoms with Gasteiger partial charge in [0.15, 0.2) is 6.10 Å². The first kappa shape index (κ1) is 22.4. The first-order chi connectivity index (χ1) is 16.4. The van der Waals surface area contributed by atoms with E-state index in [1.54, 1.807) is 18.5 Å². The Labute approximate surface area is 198 Å². The van der Waals surface area contributed by atoms with Crippen LogP contribution in [0.3, 0.4) is 0 Å². The van der Waals surface area contributed by atoms with Crippen molar-refractivity contribution in [3.8, 4) is 11.1 Å². The quantitative estimate of drug-likeness (QED) is 0.577. The number of nitrogens with two attached hydrogens (primary N) is 1. The number of pyridine rings is 1. The van der Waals surface area contributed by atoms with Gasteiger partial charge in [0.2, 0.25) is 5.95 Å². The number of rotatable bonds is 5. The summed E-state index contributed by atoms with van der Waals surface area (Å²) in [6.07, 6.45) is 4.84. The molecule has 0 saturated carbocycles.